The lowest BCUT2D eigenvalue weighted by atomic mass is 10.3. The van der Waals surface area contributed by atoms with Crippen molar-refractivity contribution in [3.63, 3.8) is 0 Å². The summed E-state index contributed by atoms with van der Waals surface area (Å²) in [6.07, 6.45) is 5.79. The molecule has 0 aliphatic heterocycles. The van der Waals surface area contributed by atoms with Crippen molar-refractivity contribution in [3.05, 3.63) is 42.5 Å². The van der Waals surface area contributed by atoms with Gasteiger partial charge in [0.2, 0.25) is 0 Å². The Bertz CT molecular complexity index is 524. The van der Waals surface area contributed by atoms with Crippen molar-refractivity contribution in [2.24, 2.45) is 7.05 Å². The van der Waals surface area contributed by atoms with Crippen molar-refractivity contribution in [2.45, 2.75) is 6.42 Å². The first kappa shape index (κ1) is 13.1. The summed E-state index contributed by atoms with van der Waals surface area (Å²) >= 11 is 0. The van der Waals surface area contributed by atoms with Crippen LogP contribution in [0.3, 0.4) is 0 Å². The highest BCUT2D eigenvalue weighted by Gasteiger charge is 2.07. The molecule has 0 aliphatic rings. The van der Waals surface area contributed by atoms with Crippen LogP contribution >= 0.6 is 0 Å². The standard InChI is InChI=1S/C13H16N4O2/c1-17-9-2-5-11(17)12(18)14-8-4-10-19-13-15-6-3-7-16-13/h2-3,5-7,9H,4,8,10H2,1H3,(H,14,18). The molecule has 2 heterocycles. The number of carbonyl (C=O) groups is 1. The highest BCUT2D eigenvalue weighted by atomic mass is 16.5. The van der Waals surface area contributed by atoms with E-state index in [1.54, 1.807) is 29.1 Å². The molecule has 2 aromatic heterocycles. The summed E-state index contributed by atoms with van der Waals surface area (Å²) in [4.78, 5) is 19.6. The predicted octanol–water partition coefficient (Wildman–Crippen LogP) is 1.01. The van der Waals surface area contributed by atoms with Gasteiger partial charge in [-0.25, -0.2) is 9.97 Å². The maximum absolute atomic E-state index is 11.8. The lowest BCUT2D eigenvalue weighted by Gasteiger charge is -2.06. The van der Waals surface area contributed by atoms with Gasteiger partial charge in [0.15, 0.2) is 0 Å². The van der Waals surface area contributed by atoms with Gasteiger partial charge in [-0.1, -0.05) is 0 Å². The molecule has 0 spiro atoms. The minimum Gasteiger partial charge on any atom is -0.463 e. The molecule has 1 N–H and O–H groups in total. The molecule has 19 heavy (non-hydrogen) atoms. The number of nitrogens with one attached hydrogen (secondary N) is 1. The van der Waals surface area contributed by atoms with Crippen LogP contribution < -0.4 is 10.1 Å². The first-order chi connectivity index (χ1) is 9.27. The Hall–Kier alpha value is -2.37. The van der Waals surface area contributed by atoms with Gasteiger partial charge in [-0.3, -0.25) is 4.79 Å². The fraction of sp³-hybridized carbons (Fsp3) is 0.308. The van der Waals surface area contributed by atoms with E-state index in [4.69, 9.17) is 4.74 Å². The number of hydrogen-bond donors (Lipinski definition) is 1. The maximum atomic E-state index is 11.8. The molecule has 2 aromatic rings. The van der Waals surface area contributed by atoms with E-state index in [2.05, 4.69) is 15.3 Å². The minimum absolute atomic E-state index is 0.0801. The fourth-order valence-electron chi connectivity index (χ4n) is 1.59. The minimum atomic E-state index is -0.0801. The molecule has 0 bridgehead atoms. The summed E-state index contributed by atoms with van der Waals surface area (Å²) in [6, 6.07) is 5.71. The van der Waals surface area contributed by atoms with Gasteiger partial charge in [0.25, 0.3) is 5.91 Å². The van der Waals surface area contributed by atoms with Crippen molar-refractivity contribution >= 4 is 5.91 Å². The Morgan fingerprint density at radius 1 is 1.37 bits per heavy atom. The van der Waals surface area contributed by atoms with E-state index in [9.17, 15) is 4.79 Å². The number of rotatable bonds is 6. The van der Waals surface area contributed by atoms with Gasteiger partial charge in [0.1, 0.15) is 5.69 Å². The molecule has 0 fully saturated rings. The van der Waals surface area contributed by atoms with Crippen LogP contribution in [0.25, 0.3) is 0 Å². The molecule has 0 unspecified atom stereocenters. The van der Waals surface area contributed by atoms with Crippen LogP contribution in [0.15, 0.2) is 36.8 Å². The summed E-state index contributed by atoms with van der Waals surface area (Å²) in [7, 11) is 1.84. The van der Waals surface area contributed by atoms with Gasteiger partial charge in [-0.15, -0.1) is 0 Å². The molecular formula is C13H16N4O2. The highest BCUT2D eigenvalue weighted by molar-refractivity contribution is 5.92. The molecular weight excluding hydrogens is 244 g/mol. The molecule has 0 aliphatic carbocycles. The van der Waals surface area contributed by atoms with Crippen molar-refractivity contribution in [1.82, 2.24) is 19.9 Å². The number of amides is 1. The third-order valence-corrected chi connectivity index (χ3v) is 2.56. The van der Waals surface area contributed by atoms with Crippen molar-refractivity contribution < 1.29 is 9.53 Å². The van der Waals surface area contributed by atoms with Crippen LogP contribution in [0.2, 0.25) is 0 Å². The Balaban J connectivity index is 1.65. The lowest BCUT2D eigenvalue weighted by molar-refractivity contribution is 0.0943. The third-order valence-electron chi connectivity index (χ3n) is 2.56. The number of nitrogens with zero attached hydrogens (tertiary/aromatic N) is 3. The van der Waals surface area contributed by atoms with Crippen LogP contribution in [-0.2, 0) is 7.05 Å². The van der Waals surface area contributed by atoms with Crippen molar-refractivity contribution in [3.8, 4) is 6.01 Å². The monoisotopic (exact) mass is 260 g/mol. The maximum Gasteiger partial charge on any atom is 0.316 e. The number of hydrogen-bond acceptors (Lipinski definition) is 4. The quantitative estimate of drug-likeness (QED) is 0.787. The Kier molecular flexibility index (Phi) is 4.49. The second-order valence-electron chi connectivity index (χ2n) is 3.99. The molecule has 0 atom stereocenters. The van der Waals surface area contributed by atoms with Gasteiger partial charge in [0, 0.05) is 32.2 Å². The Morgan fingerprint density at radius 3 is 2.84 bits per heavy atom. The number of carbonyl (C=O) groups excluding carboxylic acids is 1. The van der Waals surface area contributed by atoms with Gasteiger partial charge in [-0.05, 0) is 24.6 Å². The summed E-state index contributed by atoms with van der Waals surface area (Å²) in [5.41, 5.74) is 0.646. The molecule has 6 heteroatoms. The summed E-state index contributed by atoms with van der Waals surface area (Å²) in [5.74, 6) is -0.0801. The van der Waals surface area contributed by atoms with Crippen molar-refractivity contribution in [2.75, 3.05) is 13.2 Å². The third kappa shape index (κ3) is 3.80. The molecule has 2 rings (SSSR count). The zero-order chi connectivity index (χ0) is 13.5. The molecule has 6 nitrogen and oxygen atoms in total. The van der Waals surface area contributed by atoms with Crippen LogP contribution in [0.5, 0.6) is 6.01 Å². The second kappa shape index (κ2) is 6.53. The van der Waals surface area contributed by atoms with Gasteiger partial charge >= 0.3 is 6.01 Å². The first-order valence-corrected chi connectivity index (χ1v) is 6.07. The smallest absolute Gasteiger partial charge is 0.316 e. The predicted molar refractivity (Wildman–Crippen MR) is 69.9 cm³/mol. The first-order valence-electron chi connectivity index (χ1n) is 6.07. The number of aryl methyl sites for hydroxylation is 1. The zero-order valence-corrected chi connectivity index (χ0v) is 10.7. The fourth-order valence-corrected chi connectivity index (χ4v) is 1.59. The van der Waals surface area contributed by atoms with E-state index >= 15 is 0 Å². The Morgan fingerprint density at radius 2 is 2.16 bits per heavy atom. The largest absolute Gasteiger partial charge is 0.463 e. The summed E-state index contributed by atoms with van der Waals surface area (Å²) in [6.45, 7) is 1.02. The molecule has 0 saturated carbocycles. The SMILES string of the molecule is Cn1cccc1C(=O)NCCCOc1ncccn1. The van der Waals surface area contributed by atoms with E-state index in [1.807, 2.05) is 19.3 Å². The second-order valence-corrected chi connectivity index (χ2v) is 3.99. The normalized spacial score (nSPS) is 10.2. The van der Waals surface area contributed by atoms with Crippen LogP contribution in [0.4, 0.5) is 0 Å². The highest BCUT2D eigenvalue weighted by Crippen LogP contribution is 2.00. The van der Waals surface area contributed by atoms with Crippen LogP contribution in [-0.4, -0.2) is 33.6 Å². The van der Waals surface area contributed by atoms with Gasteiger partial charge < -0.3 is 14.6 Å². The van der Waals surface area contributed by atoms with E-state index in [0.29, 0.717) is 31.3 Å². The van der Waals surface area contributed by atoms with E-state index in [0.717, 1.165) is 0 Å². The average molecular weight is 260 g/mol. The van der Waals surface area contributed by atoms with E-state index < -0.39 is 0 Å². The number of aromatic nitrogens is 3. The molecule has 0 radical (unpaired) electrons. The summed E-state index contributed by atoms with van der Waals surface area (Å²) < 4.78 is 7.10. The van der Waals surface area contributed by atoms with Gasteiger partial charge in [-0.2, -0.15) is 0 Å². The molecule has 0 saturated heterocycles. The van der Waals surface area contributed by atoms with Gasteiger partial charge in [0.05, 0.1) is 6.61 Å². The number of ether oxygens (including phenoxy) is 1. The lowest BCUT2D eigenvalue weighted by Crippen LogP contribution is -2.27. The van der Waals surface area contributed by atoms with E-state index in [-0.39, 0.29) is 5.91 Å². The van der Waals surface area contributed by atoms with Crippen LogP contribution in [0.1, 0.15) is 16.9 Å². The summed E-state index contributed by atoms with van der Waals surface area (Å²) in [5, 5.41) is 2.83. The van der Waals surface area contributed by atoms with Crippen molar-refractivity contribution in [1.29, 1.82) is 0 Å². The molecule has 1 amide bonds. The Labute approximate surface area is 111 Å². The van der Waals surface area contributed by atoms with E-state index in [1.165, 1.54) is 0 Å². The van der Waals surface area contributed by atoms with Crippen LogP contribution in [0, 0.1) is 0 Å². The topological polar surface area (TPSA) is 69.0 Å². The zero-order valence-electron chi connectivity index (χ0n) is 10.7. The molecule has 100 valence electrons. The average Bonchev–Trinajstić information content (AvgIpc) is 2.86. The molecule has 0 aromatic carbocycles.